The van der Waals surface area contributed by atoms with E-state index in [9.17, 15) is 4.79 Å². The molecular weight excluding hydrogens is 130 g/mol. The Morgan fingerprint density at radius 1 is 1.60 bits per heavy atom. The zero-order chi connectivity index (χ0) is 7.72. The summed E-state index contributed by atoms with van der Waals surface area (Å²) in [5.41, 5.74) is 0. The van der Waals surface area contributed by atoms with E-state index in [2.05, 4.69) is 12.2 Å². The van der Waals surface area contributed by atoms with Crippen LogP contribution < -0.4 is 5.32 Å². The third-order valence-electron chi connectivity index (χ3n) is 2.22. The van der Waals surface area contributed by atoms with Gasteiger partial charge in [0, 0.05) is 6.04 Å². The Morgan fingerprint density at radius 3 is 2.40 bits per heavy atom. The Hall–Kier alpha value is -0.570. The fourth-order valence-electron chi connectivity index (χ4n) is 1.30. The predicted octanol–water partition coefficient (Wildman–Crippen LogP) is 0.457. The summed E-state index contributed by atoms with van der Waals surface area (Å²) in [6.07, 6.45) is 0.760. The van der Waals surface area contributed by atoms with Gasteiger partial charge in [0.05, 0.1) is 0 Å². The summed E-state index contributed by atoms with van der Waals surface area (Å²) < 4.78 is 0. The highest BCUT2D eigenvalue weighted by Crippen LogP contribution is 2.18. The van der Waals surface area contributed by atoms with E-state index < -0.39 is 5.97 Å². The van der Waals surface area contributed by atoms with E-state index in [-0.39, 0.29) is 6.04 Å². The van der Waals surface area contributed by atoms with Crippen LogP contribution in [-0.4, -0.2) is 23.2 Å². The minimum atomic E-state index is -0.726. The van der Waals surface area contributed by atoms with Crippen molar-refractivity contribution in [1.29, 1.82) is 0 Å². The van der Waals surface area contributed by atoms with Gasteiger partial charge in [0.15, 0.2) is 0 Å². The second kappa shape index (κ2) is 2.58. The van der Waals surface area contributed by atoms with Crippen molar-refractivity contribution in [2.75, 3.05) is 0 Å². The Bertz CT molecular complexity index is 137. The Labute approximate surface area is 60.4 Å². The van der Waals surface area contributed by atoms with Gasteiger partial charge < -0.3 is 10.4 Å². The number of aliphatic carboxylic acids is 1. The quantitative estimate of drug-likeness (QED) is 0.560. The molecule has 0 amide bonds. The van der Waals surface area contributed by atoms with E-state index in [1.54, 1.807) is 0 Å². The highest BCUT2D eigenvalue weighted by molar-refractivity contribution is 5.73. The summed E-state index contributed by atoms with van der Waals surface area (Å²) in [4.78, 5) is 10.4. The monoisotopic (exact) mass is 143 g/mol. The number of hydrogen-bond acceptors (Lipinski definition) is 2. The molecule has 1 aliphatic rings. The van der Waals surface area contributed by atoms with Crippen LogP contribution in [0, 0.1) is 5.92 Å². The number of nitrogens with one attached hydrogen (secondary N) is 1. The molecule has 3 atom stereocenters. The summed E-state index contributed by atoms with van der Waals surface area (Å²) in [5, 5.41) is 11.6. The molecule has 0 aromatic heterocycles. The molecule has 0 aromatic carbocycles. The largest absolute Gasteiger partial charge is 0.480 e. The molecule has 1 heterocycles. The molecule has 0 bridgehead atoms. The Kier molecular flexibility index (Phi) is 1.94. The lowest BCUT2D eigenvalue weighted by atomic mass is 10.0. The molecule has 1 rings (SSSR count). The zero-order valence-electron chi connectivity index (χ0n) is 6.29. The minimum absolute atomic E-state index is 0.315. The second-order valence-electron chi connectivity index (χ2n) is 3.06. The van der Waals surface area contributed by atoms with E-state index in [0.717, 1.165) is 6.42 Å². The van der Waals surface area contributed by atoms with Gasteiger partial charge in [-0.1, -0.05) is 6.92 Å². The lowest BCUT2D eigenvalue weighted by molar-refractivity contribution is -0.139. The Morgan fingerprint density at radius 2 is 2.20 bits per heavy atom. The molecule has 0 spiro atoms. The van der Waals surface area contributed by atoms with Gasteiger partial charge in [-0.3, -0.25) is 4.79 Å². The van der Waals surface area contributed by atoms with E-state index >= 15 is 0 Å². The molecule has 0 aliphatic carbocycles. The zero-order valence-corrected chi connectivity index (χ0v) is 6.29. The van der Waals surface area contributed by atoms with Crippen LogP contribution in [0.5, 0.6) is 0 Å². The van der Waals surface area contributed by atoms with Gasteiger partial charge in [0.2, 0.25) is 0 Å². The number of carbonyl (C=O) groups is 1. The van der Waals surface area contributed by atoms with Crippen molar-refractivity contribution in [1.82, 2.24) is 5.32 Å². The third kappa shape index (κ3) is 1.29. The van der Waals surface area contributed by atoms with Gasteiger partial charge in [0.1, 0.15) is 6.04 Å². The van der Waals surface area contributed by atoms with Crippen molar-refractivity contribution >= 4 is 5.97 Å². The Balaban J connectivity index is 2.49. The van der Waals surface area contributed by atoms with Crippen LogP contribution >= 0.6 is 0 Å². The number of carboxylic acids is 1. The number of carboxylic acid groups (broad SMARTS) is 1. The lowest BCUT2D eigenvalue weighted by Gasteiger charge is -2.06. The smallest absolute Gasteiger partial charge is 0.320 e. The van der Waals surface area contributed by atoms with Crippen LogP contribution in [0.25, 0.3) is 0 Å². The van der Waals surface area contributed by atoms with Crippen molar-refractivity contribution in [2.24, 2.45) is 5.92 Å². The van der Waals surface area contributed by atoms with Crippen LogP contribution in [0.15, 0.2) is 0 Å². The summed E-state index contributed by atoms with van der Waals surface area (Å²) in [5.74, 6) is -0.239. The second-order valence-corrected chi connectivity index (χ2v) is 3.06. The summed E-state index contributed by atoms with van der Waals surface area (Å²) >= 11 is 0. The van der Waals surface area contributed by atoms with Crippen LogP contribution in [0.2, 0.25) is 0 Å². The summed E-state index contributed by atoms with van der Waals surface area (Å²) in [6.45, 7) is 4.09. The topological polar surface area (TPSA) is 49.3 Å². The van der Waals surface area contributed by atoms with Gasteiger partial charge in [0.25, 0.3) is 0 Å². The molecule has 3 heteroatoms. The van der Waals surface area contributed by atoms with Gasteiger partial charge in [-0.05, 0) is 19.3 Å². The molecule has 0 radical (unpaired) electrons. The van der Waals surface area contributed by atoms with Crippen molar-refractivity contribution in [3.05, 3.63) is 0 Å². The first-order chi connectivity index (χ1) is 4.61. The molecule has 0 aromatic rings. The maximum atomic E-state index is 10.4. The fourth-order valence-corrected chi connectivity index (χ4v) is 1.30. The molecule has 10 heavy (non-hydrogen) atoms. The van der Waals surface area contributed by atoms with Crippen LogP contribution in [0.4, 0.5) is 0 Å². The molecule has 1 saturated heterocycles. The van der Waals surface area contributed by atoms with Gasteiger partial charge in [-0.15, -0.1) is 0 Å². The molecule has 0 unspecified atom stereocenters. The van der Waals surface area contributed by atoms with Gasteiger partial charge in [-0.25, -0.2) is 0 Å². The average Bonchev–Trinajstić information content (AvgIpc) is 2.13. The summed E-state index contributed by atoms with van der Waals surface area (Å²) in [6, 6.07) is 0.0334. The van der Waals surface area contributed by atoms with E-state index in [1.165, 1.54) is 0 Å². The molecule has 58 valence electrons. The minimum Gasteiger partial charge on any atom is -0.480 e. The lowest BCUT2D eigenvalue weighted by Crippen LogP contribution is -2.34. The molecule has 2 N–H and O–H groups in total. The first-order valence-corrected chi connectivity index (χ1v) is 3.60. The molecule has 1 aliphatic heterocycles. The maximum Gasteiger partial charge on any atom is 0.320 e. The first-order valence-electron chi connectivity index (χ1n) is 3.60. The van der Waals surface area contributed by atoms with Gasteiger partial charge >= 0.3 is 5.97 Å². The van der Waals surface area contributed by atoms with Crippen LogP contribution in [0.1, 0.15) is 20.3 Å². The molecule has 0 saturated carbocycles. The van der Waals surface area contributed by atoms with Gasteiger partial charge in [-0.2, -0.15) is 0 Å². The fraction of sp³-hybridized carbons (Fsp3) is 0.857. The van der Waals surface area contributed by atoms with Crippen molar-refractivity contribution in [2.45, 2.75) is 32.4 Å². The highest BCUT2D eigenvalue weighted by Gasteiger charge is 2.31. The number of hydrogen-bond donors (Lipinski definition) is 2. The highest BCUT2D eigenvalue weighted by atomic mass is 16.4. The van der Waals surface area contributed by atoms with Crippen LogP contribution in [0.3, 0.4) is 0 Å². The normalized spacial score (nSPS) is 40.0. The predicted molar refractivity (Wildman–Crippen MR) is 37.8 cm³/mol. The SMILES string of the molecule is C[C@H]1C[C@H](C(=O)O)N[C@@H]1C. The average molecular weight is 143 g/mol. The van der Waals surface area contributed by atoms with E-state index in [4.69, 9.17) is 5.11 Å². The van der Waals surface area contributed by atoms with Crippen molar-refractivity contribution in [3.63, 3.8) is 0 Å². The van der Waals surface area contributed by atoms with Crippen molar-refractivity contribution in [3.8, 4) is 0 Å². The van der Waals surface area contributed by atoms with E-state index in [1.807, 2.05) is 6.92 Å². The molecule has 1 fully saturated rings. The summed E-state index contributed by atoms with van der Waals surface area (Å²) in [7, 11) is 0. The standard InChI is InChI=1S/C7H13NO2/c1-4-3-6(7(9)10)8-5(4)2/h4-6,8H,3H2,1-2H3,(H,9,10)/t4-,5+,6+/m0/s1. The van der Waals surface area contributed by atoms with E-state index in [0.29, 0.717) is 12.0 Å². The van der Waals surface area contributed by atoms with Crippen LogP contribution in [-0.2, 0) is 4.79 Å². The molecular formula is C7H13NO2. The van der Waals surface area contributed by atoms with Crippen molar-refractivity contribution < 1.29 is 9.90 Å². The molecule has 3 nitrogen and oxygen atoms in total. The third-order valence-corrected chi connectivity index (χ3v) is 2.22. The number of rotatable bonds is 1. The first kappa shape index (κ1) is 7.54. The maximum absolute atomic E-state index is 10.4.